The molecule has 5 nitrogen and oxygen atoms in total. The minimum atomic E-state index is 0.509. The zero-order valence-corrected chi connectivity index (χ0v) is 15.3. The summed E-state index contributed by atoms with van der Waals surface area (Å²) in [4.78, 5) is 10.1. The number of thiophene rings is 1. The first-order valence-electron chi connectivity index (χ1n) is 7.83. The predicted octanol–water partition coefficient (Wildman–Crippen LogP) is 3.60. The van der Waals surface area contributed by atoms with Crippen LogP contribution < -0.4 is 10.6 Å². The predicted molar refractivity (Wildman–Crippen MR) is 100 cm³/mol. The lowest BCUT2D eigenvalue weighted by molar-refractivity contribution is 0.574. The third kappa shape index (κ3) is 6.27. The topological polar surface area (TPSA) is 62.5 Å². The molecule has 2 rings (SSSR count). The van der Waals surface area contributed by atoms with Gasteiger partial charge in [0, 0.05) is 13.1 Å². The lowest BCUT2D eigenvalue weighted by Crippen LogP contribution is -2.37. The number of rotatable bonds is 9. The van der Waals surface area contributed by atoms with Crippen molar-refractivity contribution in [2.45, 2.75) is 26.3 Å². The van der Waals surface area contributed by atoms with Gasteiger partial charge in [-0.2, -0.15) is 11.8 Å². The first-order chi connectivity index (χ1) is 11.3. The monoisotopic (exact) mass is 352 g/mol. The van der Waals surface area contributed by atoms with E-state index in [4.69, 9.17) is 4.42 Å². The van der Waals surface area contributed by atoms with E-state index in [1.807, 2.05) is 29.3 Å². The van der Waals surface area contributed by atoms with E-state index in [-0.39, 0.29) is 0 Å². The van der Waals surface area contributed by atoms with Gasteiger partial charge in [-0.1, -0.05) is 6.07 Å². The smallest absolute Gasteiger partial charge is 0.236 e. The summed E-state index contributed by atoms with van der Waals surface area (Å²) in [6.45, 7) is 4.35. The molecule has 23 heavy (non-hydrogen) atoms. The molecule has 126 valence electrons. The van der Waals surface area contributed by atoms with Crippen molar-refractivity contribution < 1.29 is 4.42 Å². The van der Waals surface area contributed by atoms with E-state index in [0.29, 0.717) is 12.4 Å². The SMILES string of the molecule is CCNC(=NCc1coc(-c2cccs2)n1)NCCCCSC. The fourth-order valence-electron chi connectivity index (χ4n) is 1.97. The number of hydrogen-bond acceptors (Lipinski definition) is 5. The second-order valence-corrected chi connectivity index (χ2v) is 6.88. The van der Waals surface area contributed by atoms with Crippen LogP contribution in [0.1, 0.15) is 25.5 Å². The molecule has 0 bridgehead atoms. The first-order valence-corrected chi connectivity index (χ1v) is 10.1. The maximum atomic E-state index is 5.51. The molecule has 0 aliphatic heterocycles. The van der Waals surface area contributed by atoms with Crippen LogP contribution in [0.5, 0.6) is 0 Å². The Morgan fingerprint density at radius 3 is 3.04 bits per heavy atom. The van der Waals surface area contributed by atoms with Gasteiger partial charge in [0.25, 0.3) is 0 Å². The third-order valence-electron chi connectivity index (χ3n) is 3.09. The van der Waals surface area contributed by atoms with E-state index < -0.39 is 0 Å². The van der Waals surface area contributed by atoms with Gasteiger partial charge in [0.2, 0.25) is 5.89 Å². The molecule has 2 aromatic rings. The fourth-order valence-corrected chi connectivity index (χ4v) is 3.12. The number of unbranched alkanes of at least 4 members (excludes halogenated alkanes) is 1. The van der Waals surface area contributed by atoms with Gasteiger partial charge in [0.1, 0.15) is 12.0 Å². The highest BCUT2D eigenvalue weighted by Crippen LogP contribution is 2.23. The summed E-state index contributed by atoms with van der Waals surface area (Å²) < 4.78 is 5.51. The Morgan fingerprint density at radius 1 is 1.39 bits per heavy atom. The second kappa shape index (κ2) is 10.3. The maximum Gasteiger partial charge on any atom is 0.236 e. The standard InChI is InChI=1S/C16H24N4OS2/c1-3-17-16(18-8-4-5-9-22-2)19-11-13-12-21-15(20-13)14-7-6-10-23-14/h6-7,10,12H,3-5,8-9,11H2,1-2H3,(H2,17,18,19). The Bertz CT molecular complexity index is 581. The average molecular weight is 353 g/mol. The summed E-state index contributed by atoms with van der Waals surface area (Å²) in [5.74, 6) is 2.71. The highest BCUT2D eigenvalue weighted by atomic mass is 32.2. The summed E-state index contributed by atoms with van der Waals surface area (Å²) >= 11 is 3.51. The molecule has 0 aromatic carbocycles. The zero-order chi connectivity index (χ0) is 16.3. The molecule has 2 aromatic heterocycles. The van der Waals surface area contributed by atoms with Crippen molar-refractivity contribution >= 4 is 29.1 Å². The van der Waals surface area contributed by atoms with Crippen LogP contribution in [0.4, 0.5) is 0 Å². The highest BCUT2D eigenvalue weighted by molar-refractivity contribution is 7.98. The number of oxazole rings is 1. The van der Waals surface area contributed by atoms with E-state index in [0.717, 1.165) is 36.0 Å². The van der Waals surface area contributed by atoms with Crippen molar-refractivity contribution in [3.63, 3.8) is 0 Å². The largest absolute Gasteiger partial charge is 0.443 e. The maximum absolute atomic E-state index is 5.51. The lowest BCUT2D eigenvalue weighted by atomic mass is 10.3. The Labute approximate surface area is 146 Å². The number of thioether (sulfide) groups is 1. The van der Waals surface area contributed by atoms with E-state index in [2.05, 4.69) is 33.8 Å². The van der Waals surface area contributed by atoms with Crippen LogP contribution in [0.15, 0.2) is 33.2 Å². The summed E-state index contributed by atoms with van der Waals surface area (Å²) in [6, 6.07) is 4.00. The molecular weight excluding hydrogens is 328 g/mol. The summed E-state index contributed by atoms with van der Waals surface area (Å²) in [5.41, 5.74) is 0.841. The minimum absolute atomic E-state index is 0.509. The number of hydrogen-bond donors (Lipinski definition) is 2. The van der Waals surface area contributed by atoms with Crippen molar-refractivity contribution in [3.05, 3.63) is 29.5 Å². The van der Waals surface area contributed by atoms with Crippen LogP contribution in [0.3, 0.4) is 0 Å². The van der Waals surface area contributed by atoms with Gasteiger partial charge in [-0.15, -0.1) is 11.3 Å². The second-order valence-electron chi connectivity index (χ2n) is 4.94. The Morgan fingerprint density at radius 2 is 2.30 bits per heavy atom. The Hall–Kier alpha value is -1.47. The van der Waals surface area contributed by atoms with Gasteiger partial charge < -0.3 is 15.1 Å². The van der Waals surface area contributed by atoms with Crippen molar-refractivity contribution in [3.8, 4) is 10.8 Å². The van der Waals surface area contributed by atoms with Crippen LogP contribution >= 0.6 is 23.1 Å². The molecular formula is C16H24N4OS2. The number of aliphatic imine (C=N–C) groups is 1. The molecule has 0 aliphatic carbocycles. The number of nitrogens with zero attached hydrogens (tertiary/aromatic N) is 2. The van der Waals surface area contributed by atoms with Gasteiger partial charge in [-0.3, -0.25) is 0 Å². The van der Waals surface area contributed by atoms with Crippen LogP contribution in [0.25, 0.3) is 10.8 Å². The minimum Gasteiger partial charge on any atom is -0.443 e. The highest BCUT2D eigenvalue weighted by Gasteiger charge is 2.07. The molecule has 0 spiro atoms. The van der Waals surface area contributed by atoms with Crippen LogP contribution in [-0.2, 0) is 6.54 Å². The normalized spacial score (nSPS) is 11.7. The van der Waals surface area contributed by atoms with E-state index >= 15 is 0 Å². The fraction of sp³-hybridized carbons (Fsp3) is 0.500. The third-order valence-corrected chi connectivity index (χ3v) is 4.65. The van der Waals surface area contributed by atoms with Crippen LogP contribution in [-0.4, -0.2) is 36.0 Å². The molecule has 7 heteroatoms. The molecule has 0 saturated heterocycles. The Balaban J connectivity index is 1.84. The summed E-state index contributed by atoms with van der Waals surface area (Å²) in [6.07, 6.45) is 6.20. The first kappa shape index (κ1) is 17.9. The number of nitrogens with one attached hydrogen (secondary N) is 2. The van der Waals surface area contributed by atoms with Crippen molar-refractivity contribution in [2.24, 2.45) is 4.99 Å². The van der Waals surface area contributed by atoms with Gasteiger partial charge >= 0.3 is 0 Å². The number of guanidine groups is 1. The Kier molecular flexibility index (Phi) is 8.03. The van der Waals surface area contributed by atoms with Gasteiger partial charge in [0.15, 0.2) is 5.96 Å². The van der Waals surface area contributed by atoms with E-state index in [1.165, 1.54) is 12.2 Å². The van der Waals surface area contributed by atoms with E-state index in [1.54, 1.807) is 17.6 Å². The molecule has 0 saturated carbocycles. The summed E-state index contributed by atoms with van der Waals surface area (Å²) in [7, 11) is 0. The molecule has 0 atom stereocenters. The average Bonchev–Trinajstić information content (AvgIpc) is 3.23. The molecule has 2 heterocycles. The zero-order valence-electron chi connectivity index (χ0n) is 13.7. The molecule has 0 unspecified atom stereocenters. The molecule has 0 fully saturated rings. The van der Waals surface area contributed by atoms with Crippen LogP contribution in [0, 0.1) is 0 Å². The molecule has 0 aliphatic rings. The van der Waals surface area contributed by atoms with Crippen molar-refractivity contribution in [2.75, 3.05) is 25.1 Å². The molecule has 0 amide bonds. The quantitative estimate of drug-likeness (QED) is 0.410. The van der Waals surface area contributed by atoms with Crippen molar-refractivity contribution in [1.82, 2.24) is 15.6 Å². The number of aromatic nitrogens is 1. The lowest BCUT2D eigenvalue weighted by Gasteiger charge is -2.10. The van der Waals surface area contributed by atoms with Gasteiger partial charge in [-0.25, -0.2) is 9.98 Å². The van der Waals surface area contributed by atoms with Gasteiger partial charge in [-0.05, 0) is 43.2 Å². The summed E-state index contributed by atoms with van der Waals surface area (Å²) in [5, 5.41) is 8.63. The van der Waals surface area contributed by atoms with Crippen LogP contribution in [0.2, 0.25) is 0 Å². The molecule has 0 radical (unpaired) electrons. The van der Waals surface area contributed by atoms with E-state index in [9.17, 15) is 0 Å². The molecule has 2 N–H and O–H groups in total. The van der Waals surface area contributed by atoms with Crippen molar-refractivity contribution in [1.29, 1.82) is 0 Å². The van der Waals surface area contributed by atoms with Gasteiger partial charge in [0.05, 0.1) is 11.4 Å².